The Hall–Kier alpha value is -1.68. The fraction of sp³-hybridized carbons (Fsp3) is 0.308. The van der Waals surface area contributed by atoms with Gasteiger partial charge in [0.05, 0.1) is 12.8 Å². The number of hydrogen-bond donors (Lipinski definition) is 0. The van der Waals surface area contributed by atoms with Crippen molar-refractivity contribution in [2.45, 2.75) is 19.8 Å². The molecule has 0 bridgehead atoms. The highest BCUT2D eigenvalue weighted by molar-refractivity contribution is 6.29. The topological polar surface area (TPSA) is 47.9 Å². The van der Waals surface area contributed by atoms with Crippen molar-refractivity contribution in [2.75, 3.05) is 7.11 Å². The number of pyridine rings is 1. The summed E-state index contributed by atoms with van der Waals surface area (Å²) in [5.74, 6) is 1.57. The number of rotatable bonds is 3. The minimum absolute atomic E-state index is 0.206. The van der Waals surface area contributed by atoms with Crippen molar-refractivity contribution in [3.63, 3.8) is 0 Å². The molecule has 0 unspecified atom stereocenters. The lowest BCUT2D eigenvalue weighted by Crippen LogP contribution is -2.01. The maximum atomic E-state index is 6.02. The van der Waals surface area contributed by atoms with Crippen LogP contribution in [0, 0.1) is 0 Å². The van der Waals surface area contributed by atoms with E-state index < -0.39 is 0 Å². The second kappa shape index (κ2) is 5.31. The molecule has 94 valence electrons. The smallest absolute Gasteiger partial charge is 0.146 e. The molecule has 0 saturated carbocycles. The van der Waals surface area contributed by atoms with E-state index in [4.69, 9.17) is 16.3 Å². The van der Waals surface area contributed by atoms with Gasteiger partial charge in [0, 0.05) is 18.2 Å². The summed E-state index contributed by atoms with van der Waals surface area (Å²) in [6, 6.07) is 5.35. The van der Waals surface area contributed by atoms with Crippen LogP contribution in [0.3, 0.4) is 0 Å². The van der Waals surface area contributed by atoms with Crippen molar-refractivity contribution >= 4 is 11.6 Å². The molecular formula is C13H14ClN3O. The van der Waals surface area contributed by atoms with Gasteiger partial charge in [0.25, 0.3) is 0 Å². The van der Waals surface area contributed by atoms with Gasteiger partial charge in [-0.25, -0.2) is 9.97 Å². The van der Waals surface area contributed by atoms with E-state index in [1.807, 2.05) is 26.0 Å². The molecule has 2 aromatic heterocycles. The fourth-order valence-corrected chi connectivity index (χ4v) is 1.75. The van der Waals surface area contributed by atoms with Gasteiger partial charge in [-0.2, -0.15) is 0 Å². The van der Waals surface area contributed by atoms with Crippen molar-refractivity contribution < 1.29 is 4.74 Å². The van der Waals surface area contributed by atoms with E-state index in [1.54, 1.807) is 19.4 Å². The molecule has 0 fully saturated rings. The summed E-state index contributed by atoms with van der Waals surface area (Å²) < 4.78 is 5.27. The first-order valence-electron chi connectivity index (χ1n) is 5.65. The van der Waals surface area contributed by atoms with Crippen LogP contribution < -0.4 is 4.74 Å². The Morgan fingerprint density at radius 2 is 2.06 bits per heavy atom. The third kappa shape index (κ3) is 2.59. The normalized spacial score (nSPS) is 10.7. The van der Waals surface area contributed by atoms with Gasteiger partial charge in [-0.15, -0.1) is 0 Å². The molecule has 2 aromatic rings. The molecule has 0 N–H and O–H groups in total. The molecule has 0 atom stereocenters. The molecule has 2 heterocycles. The van der Waals surface area contributed by atoms with Gasteiger partial charge in [-0.1, -0.05) is 25.4 Å². The van der Waals surface area contributed by atoms with Crippen molar-refractivity contribution in [2.24, 2.45) is 0 Å². The summed E-state index contributed by atoms with van der Waals surface area (Å²) in [5, 5.41) is 0.413. The van der Waals surface area contributed by atoms with E-state index in [0.717, 1.165) is 0 Å². The molecule has 0 saturated heterocycles. The molecule has 18 heavy (non-hydrogen) atoms. The maximum Gasteiger partial charge on any atom is 0.146 e. The van der Waals surface area contributed by atoms with E-state index >= 15 is 0 Å². The molecule has 5 heteroatoms. The molecule has 0 spiro atoms. The van der Waals surface area contributed by atoms with E-state index in [1.165, 1.54) is 0 Å². The van der Waals surface area contributed by atoms with Crippen molar-refractivity contribution in [1.29, 1.82) is 0 Å². The fourth-order valence-electron chi connectivity index (χ4n) is 1.56. The van der Waals surface area contributed by atoms with Crippen LogP contribution in [0.1, 0.15) is 25.6 Å². The summed E-state index contributed by atoms with van der Waals surface area (Å²) in [7, 11) is 1.60. The number of methoxy groups -OCH3 is 1. The van der Waals surface area contributed by atoms with Crippen molar-refractivity contribution in [3.05, 3.63) is 35.4 Å². The molecule has 0 radical (unpaired) electrons. The summed E-state index contributed by atoms with van der Waals surface area (Å²) in [6.07, 6.45) is 1.70. The molecule has 0 aliphatic carbocycles. The molecule has 0 amide bonds. The SMILES string of the molecule is COc1cccnc1-c1cc(Cl)nc(C(C)C)n1. The summed E-state index contributed by atoms with van der Waals surface area (Å²) in [6.45, 7) is 4.04. The average molecular weight is 264 g/mol. The largest absolute Gasteiger partial charge is 0.494 e. The van der Waals surface area contributed by atoms with E-state index in [2.05, 4.69) is 15.0 Å². The average Bonchev–Trinajstić information content (AvgIpc) is 2.38. The van der Waals surface area contributed by atoms with Gasteiger partial charge in [0.15, 0.2) is 0 Å². The molecule has 0 aliphatic heterocycles. The van der Waals surface area contributed by atoms with Crippen LogP contribution in [-0.2, 0) is 0 Å². The second-order valence-electron chi connectivity index (χ2n) is 4.14. The predicted octanol–water partition coefficient (Wildman–Crippen LogP) is 3.32. The first-order chi connectivity index (χ1) is 8.61. The van der Waals surface area contributed by atoms with Crippen LogP contribution in [-0.4, -0.2) is 22.1 Å². The van der Waals surface area contributed by atoms with Gasteiger partial charge >= 0.3 is 0 Å². The van der Waals surface area contributed by atoms with E-state index in [-0.39, 0.29) is 5.92 Å². The summed E-state index contributed by atoms with van der Waals surface area (Å²) in [4.78, 5) is 13.0. The van der Waals surface area contributed by atoms with Gasteiger partial charge < -0.3 is 4.74 Å². The zero-order valence-corrected chi connectivity index (χ0v) is 11.3. The number of nitrogens with zero attached hydrogens (tertiary/aromatic N) is 3. The predicted molar refractivity (Wildman–Crippen MR) is 70.9 cm³/mol. The Morgan fingerprint density at radius 3 is 2.72 bits per heavy atom. The zero-order chi connectivity index (χ0) is 13.1. The molecular weight excluding hydrogens is 250 g/mol. The van der Waals surface area contributed by atoms with Gasteiger partial charge in [-0.05, 0) is 12.1 Å². The lowest BCUT2D eigenvalue weighted by Gasteiger charge is -2.09. The molecule has 0 aliphatic rings. The standard InChI is InChI=1S/C13H14ClN3O/c1-8(2)13-16-9(7-11(14)17-13)12-10(18-3)5-4-6-15-12/h4-8H,1-3H3. The Balaban J connectivity index is 2.56. The van der Waals surface area contributed by atoms with Gasteiger partial charge in [0.1, 0.15) is 22.4 Å². The maximum absolute atomic E-state index is 6.02. The Kier molecular flexibility index (Phi) is 3.77. The van der Waals surface area contributed by atoms with Crippen LogP contribution in [0.2, 0.25) is 5.15 Å². The highest BCUT2D eigenvalue weighted by atomic mass is 35.5. The van der Waals surface area contributed by atoms with E-state index in [9.17, 15) is 0 Å². The van der Waals surface area contributed by atoms with Crippen molar-refractivity contribution in [3.8, 4) is 17.1 Å². The summed E-state index contributed by atoms with van der Waals surface area (Å²) >= 11 is 6.02. The van der Waals surface area contributed by atoms with Crippen LogP contribution >= 0.6 is 11.6 Å². The van der Waals surface area contributed by atoms with Gasteiger partial charge in [0.2, 0.25) is 0 Å². The number of halogens is 1. The van der Waals surface area contributed by atoms with E-state index in [0.29, 0.717) is 28.1 Å². The second-order valence-corrected chi connectivity index (χ2v) is 4.53. The quantitative estimate of drug-likeness (QED) is 0.797. The number of aromatic nitrogens is 3. The van der Waals surface area contributed by atoms with Gasteiger partial charge in [-0.3, -0.25) is 4.98 Å². The molecule has 2 rings (SSSR count). The lowest BCUT2D eigenvalue weighted by molar-refractivity contribution is 0.414. The zero-order valence-electron chi connectivity index (χ0n) is 10.5. The van der Waals surface area contributed by atoms with Crippen LogP contribution in [0.15, 0.2) is 24.4 Å². The number of hydrogen-bond acceptors (Lipinski definition) is 4. The third-order valence-electron chi connectivity index (χ3n) is 2.46. The van der Waals surface area contributed by atoms with Crippen LogP contribution in [0.25, 0.3) is 11.4 Å². The Bertz CT molecular complexity index is 558. The minimum atomic E-state index is 0.206. The van der Waals surface area contributed by atoms with Crippen LogP contribution in [0.5, 0.6) is 5.75 Å². The Morgan fingerprint density at radius 1 is 1.28 bits per heavy atom. The van der Waals surface area contributed by atoms with Crippen molar-refractivity contribution in [1.82, 2.24) is 15.0 Å². The monoisotopic (exact) mass is 263 g/mol. The first-order valence-corrected chi connectivity index (χ1v) is 6.03. The Labute approximate surface area is 111 Å². The lowest BCUT2D eigenvalue weighted by atomic mass is 10.2. The highest BCUT2D eigenvalue weighted by Crippen LogP contribution is 2.28. The molecule has 4 nitrogen and oxygen atoms in total. The van der Waals surface area contributed by atoms with Crippen LogP contribution in [0.4, 0.5) is 0 Å². The number of ether oxygens (including phenoxy) is 1. The molecule has 0 aromatic carbocycles. The highest BCUT2D eigenvalue weighted by Gasteiger charge is 2.12. The summed E-state index contributed by atoms with van der Waals surface area (Å²) in [5.41, 5.74) is 1.35. The minimum Gasteiger partial charge on any atom is -0.494 e. The third-order valence-corrected chi connectivity index (χ3v) is 2.66. The first kappa shape index (κ1) is 12.8.